The second-order valence-corrected chi connectivity index (χ2v) is 6.55. The summed E-state index contributed by atoms with van der Waals surface area (Å²) in [6.07, 6.45) is 2.24. The summed E-state index contributed by atoms with van der Waals surface area (Å²) in [6.45, 7) is 3.90. The number of para-hydroxylation sites is 1. The van der Waals surface area contributed by atoms with E-state index in [4.69, 9.17) is 9.47 Å². The summed E-state index contributed by atoms with van der Waals surface area (Å²) in [4.78, 5) is 28.3. The number of aromatic nitrogens is 1. The van der Waals surface area contributed by atoms with Crippen molar-refractivity contribution in [3.8, 4) is 0 Å². The third-order valence-corrected chi connectivity index (χ3v) is 4.81. The topological polar surface area (TPSA) is 68.4 Å². The van der Waals surface area contributed by atoms with Gasteiger partial charge in [0.05, 0.1) is 13.2 Å². The fourth-order valence-corrected chi connectivity index (χ4v) is 3.52. The highest BCUT2D eigenvalue weighted by molar-refractivity contribution is 5.95. The summed E-state index contributed by atoms with van der Waals surface area (Å²) in [5.41, 5.74) is 3.09. The molecule has 0 aliphatic rings. The lowest BCUT2D eigenvalue weighted by Gasteiger charge is -2.22. The summed E-state index contributed by atoms with van der Waals surface area (Å²) in [7, 11) is 0. The smallest absolute Gasteiger partial charge is 0.320 e. The Morgan fingerprint density at radius 3 is 2.14 bits per heavy atom. The van der Waals surface area contributed by atoms with Crippen LogP contribution in [-0.4, -0.2) is 30.1 Å². The number of esters is 2. The third-order valence-electron chi connectivity index (χ3n) is 4.81. The molecule has 3 aromatic rings. The number of nitrogens with one attached hydrogen (secondary N) is 1. The van der Waals surface area contributed by atoms with Gasteiger partial charge < -0.3 is 14.5 Å². The minimum atomic E-state index is -0.973. The Hall–Kier alpha value is -3.08. The fraction of sp³-hybridized carbons (Fsp3) is 0.304. The van der Waals surface area contributed by atoms with Gasteiger partial charge in [-0.25, -0.2) is 0 Å². The predicted octanol–water partition coefficient (Wildman–Crippen LogP) is 4.43. The normalized spacial score (nSPS) is 12.1. The number of hydrogen-bond acceptors (Lipinski definition) is 4. The van der Waals surface area contributed by atoms with Crippen LogP contribution in [0, 0.1) is 5.92 Å². The van der Waals surface area contributed by atoms with Crippen molar-refractivity contribution in [3.05, 3.63) is 71.9 Å². The average Bonchev–Trinajstić information content (AvgIpc) is 3.13. The summed E-state index contributed by atoms with van der Waals surface area (Å²) < 4.78 is 10.3. The monoisotopic (exact) mass is 379 g/mol. The Morgan fingerprint density at radius 1 is 0.893 bits per heavy atom. The maximum absolute atomic E-state index is 12.5. The Morgan fingerprint density at radius 2 is 1.50 bits per heavy atom. The molecule has 0 spiro atoms. The summed E-state index contributed by atoms with van der Waals surface area (Å²) >= 11 is 0. The van der Waals surface area contributed by atoms with Crippen molar-refractivity contribution in [2.45, 2.75) is 26.2 Å². The van der Waals surface area contributed by atoms with Gasteiger partial charge in [-0.2, -0.15) is 0 Å². The Balaban J connectivity index is 2.03. The van der Waals surface area contributed by atoms with E-state index in [2.05, 4.69) is 4.98 Å². The van der Waals surface area contributed by atoms with Gasteiger partial charge >= 0.3 is 11.9 Å². The number of carbonyl (C=O) groups excluding carboxylic acids is 2. The van der Waals surface area contributed by atoms with Crippen molar-refractivity contribution >= 4 is 22.8 Å². The molecular formula is C23H25NO4. The minimum Gasteiger partial charge on any atom is -0.465 e. The number of ether oxygens (including phenoxy) is 2. The van der Waals surface area contributed by atoms with Crippen molar-refractivity contribution in [1.29, 1.82) is 0 Å². The molecule has 28 heavy (non-hydrogen) atoms. The van der Waals surface area contributed by atoms with E-state index in [1.54, 1.807) is 13.8 Å². The highest BCUT2D eigenvalue weighted by Gasteiger charge is 2.34. The number of benzene rings is 2. The number of rotatable bonds is 8. The van der Waals surface area contributed by atoms with Crippen LogP contribution in [0.15, 0.2) is 60.8 Å². The highest BCUT2D eigenvalue weighted by atomic mass is 16.6. The van der Waals surface area contributed by atoms with E-state index < -0.39 is 17.9 Å². The molecule has 3 rings (SSSR count). The summed E-state index contributed by atoms with van der Waals surface area (Å²) in [5, 5.41) is 1.07. The van der Waals surface area contributed by atoms with Gasteiger partial charge in [-0.05, 0) is 37.5 Å². The third kappa shape index (κ3) is 4.25. The van der Waals surface area contributed by atoms with E-state index in [1.807, 2.05) is 60.8 Å². The number of fused-ring (bicyclic) bond motifs is 1. The Kier molecular flexibility index (Phi) is 6.48. The zero-order valence-corrected chi connectivity index (χ0v) is 16.2. The molecule has 2 aromatic carbocycles. The van der Waals surface area contributed by atoms with Crippen LogP contribution in [0.1, 0.15) is 37.3 Å². The Bertz CT molecular complexity index is 914. The van der Waals surface area contributed by atoms with E-state index in [0.717, 1.165) is 22.0 Å². The highest BCUT2D eigenvalue weighted by Crippen LogP contribution is 2.36. The molecule has 146 valence electrons. The fourth-order valence-electron chi connectivity index (χ4n) is 3.52. The van der Waals surface area contributed by atoms with Crippen LogP contribution < -0.4 is 0 Å². The molecule has 5 nitrogen and oxygen atoms in total. The van der Waals surface area contributed by atoms with E-state index >= 15 is 0 Å². The zero-order chi connectivity index (χ0) is 19.9. The van der Waals surface area contributed by atoms with E-state index in [9.17, 15) is 9.59 Å². The second kappa shape index (κ2) is 9.22. The van der Waals surface area contributed by atoms with Crippen molar-refractivity contribution < 1.29 is 19.1 Å². The van der Waals surface area contributed by atoms with Crippen molar-refractivity contribution in [1.82, 2.24) is 4.98 Å². The molecule has 0 aliphatic carbocycles. The van der Waals surface area contributed by atoms with Gasteiger partial charge in [0.25, 0.3) is 0 Å². The van der Waals surface area contributed by atoms with Gasteiger partial charge in [-0.1, -0.05) is 48.5 Å². The molecule has 1 aromatic heterocycles. The first kappa shape index (κ1) is 19.7. The van der Waals surface area contributed by atoms with Crippen LogP contribution in [0.3, 0.4) is 0 Å². The lowest BCUT2D eigenvalue weighted by molar-refractivity contribution is -0.162. The zero-order valence-electron chi connectivity index (χ0n) is 16.2. The second-order valence-electron chi connectivity index (χ2n) is 6.55. The maximum atomic E-state index is 12.5. The number of H-pyrrole nitrogens is 1. The molecule has 0 radical (unpaired) electrons. The van der Waals surface area contributed by atoms with Crippen LogP contribution in [-0.2, 0) is 19.1 Å². The van der Waals surface area contributed by atoms with E-state index in [0.29, 0.717) is 0 Å². The van der Waals surface area contributed by atoms with Crippen LogP contribution in [0.2, 0.25) is 0 Å². The lowest BCUT2D eigenvalue weighted by atomic mass is 9.83. The Labute approximate surface area is 164 Å². The quantitative estimate of drug-likeness (QED) is 0.464. The van der Waals surface area contributed by atoms with Gasteiger partial charge in [0.1, 0.15) is 0 Å². The predicted molar refractivity (Wildman–Crippen MR) is 108 cm³/mol. The van der Waals surface area contributed by atoms with E-state index in [1.165, 1.54) is 0 Å². The molecule has 0 bridgehead atoms. The summed E-state index contributed by atoms with van der Waals surface area (Å²) in [6, 6.07) is 17.9. The maximum Gasteiger partial charge on any atom is 0.320 e. The minimum absolute atomic E-state index is 0.156. The SMILES string of the molecule is CCOC(=O)C(CC(c1ccccc1)c1c[nH]c2ccccc12)C(=O)OCC. The van der Waals surface area contributed by atoms with Gasteiger partial charge in [0.15, 0.2) is 5.92 Å². The number of hydrogen-bond donors (Lipinski definition) is 1. The molecular weight excluding hydrogens is 354 g/mol. The lowest BCUT2D eigenvalue weighted by Crippen LogP contribution is -2.30. The first-order valence-corrected chi connectivity index (χ1v) is 9.59. The number of carbonyl (C=O) groups is 2. The van der Waals surface area contributed by atoms with Crippen LogP contribution in [0.5, 0.6) is 0 Å². The standard InChI is InChI=1S/C23H25NO4/c1-3-27-22(25)19(23(26)28-4-2)14-18(16-10-6-5-7-11-16)20-15-24-21-13-9-8-12-17(20)21/h5-13,15,18-19,24H,3-4,14H2,1-2H3. The van der Waals surface area contributed by atoms with Crippen LogP contribution >= 0.6 is 0 Å². The molecule has 0 fully saturated rings. The first-order chi connectivity index (χ1) is 13.7. The van der Waals surface area contributed by atoms with E-state index in [-0.39, 0.29) is 25.6 Å². The molecule has 0 aliphatic heterocycles. The van der Waals surface area contributed by atoms with Crippen LogP contribution in [0.25, 0.3) is 10.9 Å². The largest absolute Gasteiger partial charge is 0.465 e. The molecule has 0 saturated carbocycles. The molecule has 5 heteroatoms. The van der Waals surface area contributed by atoms with Gasteiger partial charge in [-0.3, -0.25) is 9.59 Å². The van der Waals surface area contributed by atoms with Gasteiger partial charge in [0.2, 0.25) is 0 Å². The van der Waals surface area contributed by atoms with Crippen LogP contribution in [0.4, 0.5) is 0 Å². The van der Waals surface area contributed by atoms with Gasteiger partial charge in [0, 0.05) is 23.0 Å². The average molecular weight is 379 g/mol. The van der Waals surface area contributed by atoms with Crippen molar-refractivity contribution in [2.75, 3.05) is 13.2 Å². The molecule has 1 unspecified atom stereocenters. The van der Waals surface area contributed by atoms with Crippen molar-refractivity contribution in [2.24, 2.45) is 5.92 Å². The molecule has 1 N–H and O–H groups in total. The molecule has 1 heterocycles. The molecule has 0 amide bonds. The van der Waals surface area contributed by atoms with Gasteiger partial charge in [-0.15, -0.1) is 0 Å². The molecule has 1 atom stereocenters. The number of aromatic amines is 1. The summed E-state index contributed by atoms with van der Waals surface area (Å²) in [5.74, 6) is -2.21. The molecule has 0 saturated heterocycles. The van der Waals surface area contributed by atoms with Crippen molar-refractivity contribution in [3.63, 3.8) is 0 Å². The first-order valence-electron chi connectivity index (χ1n) is 9.59.